The third-order valence-electron chi connectivity index (χ3n) is 2.95. The summed E-state index contributed by atoms with van der Waals surface area (Å²) in [5, 5.41) is 14.0. The van der Waals surface area contributed by atoms with Gasteiger partial charge in [-0.2, -0.15) is 0 Å². The molecule has 0 aliphatic carbocycles. The number of methoxy groups -OCH3 is 1. The first-order chi connectivity index (χ1) is 11.0. The Bertz CT molecular complexity index is 757. The summed E-state index contributed by atoms with van der Waals surface area (Å²) in [6.07, 6.45) is 2.98. The Kier molecular flexibility index (Phi) is 5.32. The maximum absolute atomic E-state index is 11.9. The summed E-state index contributed by atoms with van der Waals surface area (Å²) >= 11 is 5.78. The molecule has 6 nitrogen and oxygen atoms in total. The van der Waals surface area contributed by atoms with Gasteiger partial charge in [0.05, 0.1) is 23.8 Å². The fourth-order valence-electron chi connectivity index (χ4n) is 1.82. The first kappa shape index (κ1) is 16.5. The Morgan fingerprint density at radius 3 is 2.57 bits per heavy atom. The number of benzene rings is 2. The van der Waals surface area contributed by atoms with Gasteiger partial charge in [-0.3, -0.25) is 14.9 Å². The van der Waals surface area contributed by atoms with Crippen LogP contribution in [0.1, 0.15) is 5.56 Å². The smallest absolute Gasteiger partial charge is 0.273 e. The quantitative estimate of drug-likeness (QED) is 0.511. The number of halogens is 1. The van der Waals surface area contributed by atoms with Crippen molar-refractivity contribution in [1.82, 2.24) is 0 Å². The van der Waals surface area contributed by atoms with Crippen LogP contribution in [-0.4, -0.2) is 17.9 Å². The van der Waals surface area contributed by atoms with Crippen molar-refractivity contribution in [1.29, 1.82) is 0 Å². The van der Waals surface area contributed by atoms with E-state index in [2.05, 4.69) is 5.32 Å². The van der Waals surface area contributed by atoms with Crippen molar-refractivity contribution < 1.29 is 14.5 Å². The number of non-ortho nitro benzene ring substituents is 1. The van der Waals surface area contributed by atoms with E-state index >= 15 is 0 Å². The van der Waals surface area contributed by atoms with E-state index in [0.717, 1.165) is 5.56 Å². The molecule has 0 spiro atoms. The number of hydrogen-bond acceptors (Lipinski definition) is 4. The maximum Gasteiger partial charge on any atom is 0.273 e. The lowest BCUT2D eigenvalue weighted by Crippen LogP contribution is -2.09. The van der Waals surface area contributed by atoms with Gasteiger partial charge >= 0.3 is 0 Å². The largest absolute Gasteiger partial charge is 0.494 e. The molecule has 0 radical (unpaired) electrons. The second kappa shape index (κ2) is 7.42. The first-order valence-electron chi connectivity index (χ1n) is 6.56. The zero-order valence-electron chi connectivity index (χ0n) is 12.2. The molecule has 0 saturated carbocycles. The fraction of sp³-hybridized carbons (Fsp3) is 0.0625. The van der Waals surface area contributed by atoms with Gasteiger partial charge in [0.15, 0.2) is 0 Å². The third kappa shape index (κ3) is 4.55. The number of carbonyl (C=O) groups excluding carboxylic acids is 1. The van der Waals surface area contributed by atoms with Gasteiger partial charge < -0.3 is 10.1 Å². The highest BCUT2D eigenvalue weighted by molar-refractivity contribution is 6.30. The summed E-state index contributed by atoms with van der Waals surface area (Å²) in [7, 11) is 1.37. The van der Waals surface area contributed by atoms with Crippen molar-refractivity contribution in [3.05, 3.63) is 69.2 Å². The number of nitro benzene ring substituents is 1. The van der Waals surface area contributed by atoms with Crippen LogP contribution >= 0.6 is 11.6 Å². The van der Waals surface area contributed by atoms with Crippen LogP contribution in [0.5, 0.6) is 5.75 Å². The van der Waals surface area contributed by atoms with Crippen LogP contribution < -0.4 is 10.1 Å². The number of rotatable bonds is 5. The predicted octanol–water partition coefficient (Wildman–Crippen LogP) is 3.91. The predicted molar refractivity (Wildman–Crippen MR) is 88.8 cm³/mol. The van der Waals surface area contributed by atoms with Gasteiger partial charge in [0.1, 0.15) is 5.75 Å². The summed E-state index contributed by atoms with van der Waals surface area (Å²) in [6, 6.07) is 11.0. The Labute approximate surface area is 137 Å². The average Bonchev–Trinajstić information content (AvgIpc) is 2.54. The summed E-state index contributed by atoms with van der Waals surface area (Å²) in [6.45, 7) is 0. The second-order valence-electron chi connectivity index (χ2n) is 4.52. The Morgan fingerprint density at radius 1 is 1.26 bits per heavy atom. The summed E-state index contributed by atoms with van der Waals surface area (Å²) in [5.74, 6) is -0.167. The third-order valence-corrected chi connectivity index (χ3v) is 3.20. The first-order valence-corrected chi connectivity index (χ1v) is 6.94. The van der Waals surface area contributed by atoms with Crippen molar-refractivity contribution in [3.63, 3.8) is 0 Å². The molecule has 0 aliphatic heterocycles. The molecule has 2 aromatic carbocycles. The van der Waals surface area contributed by atoms with E-state index in [4.69, 9.17) is 16.3 Å². The van der Waals surface area contributed by atoms with Gasteiger partial charge in [0.2, 0.25) is 5.91 Å². The molecule has 0 saturated heterocycles. The molecule has 0 fully saturated rings. The van der Waals surface area contributed by atoms with Gasteiger partial charge in [0, 0.05) is 17.2 Å². The molecule has 0 atom stereocenters. The molecular formula is C16H13ClN2O4. The van der Waals surface area contributed by atoms with E-state index in [1.807, 2.05) is 0 Å². The molecule has 0 bridgehead atoms. The van der Waals surface area contributed by atoms with Gasteiger partial charge in [-0.25, -0.2) is 0 Å². The van der Waals surface area contributed by atoms with Gasteiger partial charge in [-0.05, 0) is 29.8 Å². The van der Waals surface area contributed by atoms with Crippen LogP contribution in [0.3, 0.4) is 0 Å². The second-order valence-corrected chi connectivity index (χ2v) is 4.95. The molecule has 7 heteroatoms. The minimum absolute atomic E-state index is 0.114. The van der Waals surface area contributed by atoms with E-state index in [1.54, 1.807) is 30.3 Å². The van der Waals surface area contributed by atoms with Gasteiger partial charge in [0.25, 0.3) is 5.69 Å². The van der Waals surface area contributed by atoms with E-state index in [-0.39, 0.29) is 17.3 Å². The Hall–Kier alpha value is -2.86. The molecule has 1 N–H and O–H groups in total. The lowest BCUT2D eigenvalue weighted by atomic mass is 10.2. The Balaban J connectivity index is 2.10. The minimum atomic E-state index is -0.533. The van der Waals surface area contributed by atoms with Crippen molar-refractivity contribution in [2.75, 3.05) is 12.4 Å². The SMILES string of the molecule is COc1cc([N+](=O)[O-])ccc1NC(=O)/C=C\c1ccc(Cl)cc1. The topological polar surface area (TPSA) is 81.5 Å². The maximum atomic E-state index is 11.9. The van der Waals surface area contributed by atoms with Crippen LogP contribution in [-0.2, 0) is 4.79 Å². The number of amides is 1. The number of nitrogens with zero attached hydrogens (tertiary/aromatic N) is 1. The zero-order valence-corrected chi connectivity index (χ0v) is 12.9. The molecule has 0 heterocycles. The van der Waals surface area contributed by atoms with Gasteiger partial charge in [-0.1, -0.05) is 23.7 Å². The number of nitro groups is 1. The molecule has 0 aliphatic rings. The molecule has 1 amide bonds. The van der Waals surface area contributed by atoms with Gasteiger partial charge in [-0.15, -0.1) is 0 Å². The molecule has 0 unspecified atom stereocenters. The summed E-state index contributed by atoms with van der Waals surface area (Å²) < 4.78 is 5.06. The van der Waals surface area contributed by atoms with E-state index in [0.29, 0.717) is 10.7 Å². The summed E-state index contributed by atoms with van der Waals surface area (Å²) in [5.41, 5.74) is 1.06. The van der Waals surface area contributed by atoms with Crippen molar-refractivity contribution in [3.8, 4) is 5.75 Å². The van der Waals surface area contributed by atoms with Crippen LogP contribution in [0, 0.1) is 10.1 Å². The number of hydrogen-bond donors (Lipinski definition) is 1. The highest BCUT2D eigenvalue weighted by Crippen LogP contribution is 2.28. The van der Waals surface area contributed by atoms with Crippen molar-refractivity contribution >= 4 is 35.0 Å². The van der Waals surface area contributed by atoms with E-state index in [9.17, 15) is 14.9 Å². The molecule has 2 aromatic rings. The minimum Gasteiger partial charge on any atom is -0.494 e. The van der Waals surface area contributed by atoms with E-state index in [1.165, 1.54) is 31.4 Å². The lowest BCUT2D eigenvalue weighted by Gasteiger charge is -2.08. The number of nitrogens with one attached hydrogen (secondary N) is 1. The van der Waals surface area contributed by atoms with Crippen molar-refractivity contribution in [2.45, 2.75) is 0 Å². The van der Waals surface area contributed by atoms with E-state index < -0.39 is 4.92 Å². The van der Waals surface area contributed by atoms with Crippen LogP contribution in [0.4, 0.5) is 11.4 Å². The van der Waals surface area contributed by atoms with Crippen molar-refractivity contribution in [2.24, 2.45) is 0 Å². The molecule has 23 heavy (non-hydrogen) atoms. The normalized spacial score (nSPS) is 10.5. The zero-order chi connectivity index (χ0) is 16.8. The number of anilines is 1. The standard InChI is InChI=1S/C16H13ClN2O4/c1-23-15-10-13(19(21)22)7-8-14(15)18-16(20)9-4-11-2-5-12(17)6-3-11/h2-10H,1H3,(H,18,20)/b9-4-. The summed E-state index contributed by atoms with van der Waals surface area (Å²) in [4.78, 5) is 22.1. The molecule has 118 valence electrons. The molecular weight excluding hydrogens is 320 g/mol. The highest BCUT2D eigenvalue weighted by Gasteiger charge is 2.12. The highest BCUT2D eigenvalue weighted by atomic mass is 35.5. The van der Waals surface area contributed by atoms with Crippen LogP contribution in [0.15, 0.2) is 48.5 Å². The number of carbonyl (C=O) groups is 1. The number of ether oxygens (including phenoxy) is 1. The Morgan fingerprint density at radius 2 is 1.96 bits per heavy atom. The molecule has 0 aromatic heterocycles. The lowest BCUT2D eigenvalue weighted by molar-refractivity contribution is -0.384. The molecule has 2 rings (SSSR count). The average molecular weight is 333 g/mol. The monoisotopic (exact) mass is 332 g/mol. The fourth-order valence-corrected chi connectivity index (χ4v) is 1.94. The van der Waals surface area contributed by atoms with Crippen LogP contribution in [0.2, 0.25) is 5.02 Å². The van der Waals surface area contributed by atoms with Crippen LogP contribution in [0.25, 0.3) is 6.08 Å².